The number of methoxy groups -OCH3 is 1. The van der Waals surface area contributed by atoms with Crippen LogP contribution >= 0.6 is 0 Å². The average molecular weight is 368 g/mol. The third kappa shape index (κ3) is 6.04. The molecule has 1 aromatic rings. The molecule has 0 aliphatic carbocycles. The number of nitrogens with zero attached hydrogens (tertiary/aromatic N) is 1. The van der Waals surface area contributed by atoms with E-state index in [9.17, 15) is 13.2 Å². The van der Waals surface area contributed by atoms with Crippen LogP contribution in [0.2, 0.25) is 0 Å². The Labute approximate surface area is 148 Å². The summed E-state index contributed by atoms with van der Waals surface area (Å²) in [6.07, 6.45) is 3.12. The van der Waals surface area contributed by atoms with Gasteiger partial charge in [0.25, 0.3) is 0 Å². The van der Waals surface area contributed by atoms with Gasteiger partial charge in [-0.2, -0.15) is 5.10 Å². The number of benzene rings is 1. The van der Waals surface area contributed by atoms with Gasteiger partial charge in [-0.3, -0.25) is 4.79 Å². The van der Waals surface area contributed by atoms with E-state index in [1.807, 2.05) is 13.0 Å². The number of ether oxygens (including phenoxy) is 2. The number of hydrogen-bond acceptors (Lipinski definition) is 6. The minimum atomic E-state index is -2.97. The molecule has 0 unspecified atom stereocenters. The molecular weight excluding hydrogens is 344 g/mol. The molecular formula is C17H24N2O5S. The fourth-order valence-corrected chi connectivity index (χ4v) is 4.48. The third-order valence-electron chi connectivity index (χ3n) is 3.85. The van der Waals surface area contributed by atoms with Crippen LogP contribution in [0.3, 0.4) is 0 Å². The zero-order valence-corrected chi connectivity index (χ0v) is 15.3. The number of hydrogen-bond donors (Lipinski definition) is 1. The maximum absolute atomic E-state index is 11.8. The molecule has 1 fully saturated rings. The topological polar surface area (TPSA) is 94.1 Å². The molecule has 1 aliphatic heterocycles. The molecule has 1 N–H and O–H groups in total. The lowest BCUT2D eigenvalue weighted by Gasteiger charge is -2.10. The summed E-state index contributed by atoms with van der Waals surface area (Å²) in [5.41, 5.74) is 3.19. The Morgan fingerprint density at radius 1 is 1.40 bits per heavy atom. The number of carbonyl (C=O) groups is 1. The van der Waals surface area contributed by atoms with Gasteiger partial charge < -0.3 is 9.47 Å². The Morgan fingerprint density at radius 3 is 2.84 bits per heavy atom. The van der Waals surface area contributed by atoms with Crippen LogP contribution in [-0.4, -0.2) is 45.8 Å². The summed E-state index contributed by atoms with van der Waals surface area (Å²) in [6, 6.07) is 5.37. The van der Waals surface area contributed by atoms with Gasteiger partial charge >= 0.3 is 0 Å². The van der Waals surface area contributed by atoms with Crippen LogP contribution in [0.1, 0.15) is 31.7 Å². The van der Waals surface area contributed by atoms with Crippen molar-refractivity contribution in [2.24, 2.45) is 11.0 Å². The lowest BCUT2D eigenvalue weighted by molar-refractivity contribution is -0.121. The van der Waals surface area contributed by atoms with Crippen LogP contribution in [0.4, 0.5) is 0 Å². The highest BCUT2D eigenvalue weighted by atomic mass is 32.2. The molecule has 2 rings (SSSR count). The van der Waals surface area contributed by atoms with Crippen molar-refractivity contribution in [2.45, 2.75) is 26.2 Å². The van der Waals surface area contributed by atoms with Crippen LogP contribution in [0.25, 0.3) is 0 Å². The number of sulfone groups is 1. The fraction of sp³-hybridized carbons (Fsp3) is 0.529. The highest BCUT2D eigenvalue weighted by molar-refractivity contribution is 7.91. The minimum Gasteiger partial charge on any atom is -0.493 e. The van der Waals surface area contributed by atoms with E-state index >= 15 is 0 Å². The standard InChI is InChI=1S/C17H24N2O5S/c1-3-7-24-15-5-4-13(9-16(15)23-2)11-18-19-17(20)10-14-6-8-25(21,22)12-14/h4-5,9,11,14H,3,6-8,10,12H2,1-2H3,(H,19,20)/b18-11-/t14-/m1/s1. The molecule has 1 heterocycles. The van der Waals surface area contributed by atoms with Crippen molar-refractivity contribution in [2.75, 3.05) is 25.2 Å². The second kappa shape index (κ2) is 8.84. The molecule has 0 saturated carbocycles. The minimum absolute atomic E-state index is 0.0839. The molecule has 7 nitrogen and oxygen atoms in total. The number of amides is 1. The van der Waals surface area contributed by atoms with E-state index in [0.717, 1.165) is 12.0 Å². The van der Waals surface area contributed by atoms with Crippen molar-refractivity contribution in [1.82, 2.24) is 5.43 Å². The Hall–Kier alpha value is -2.09. The molecule has 0 spiro atoms. The van der Waals surface area contributed by atoms with Crippen molar-refractivity contribution in [3.8, 4) is 11.5 Å². The predicted molar refractivity (Wildman–Crippen MR) is 95.9 cm³/mol. The van der Waals surface area contributed by atoms with E-state index in [1.54, 1.807) is 19.2 Å². The van der Waals surface area contributed by atoms with Crippen molar-refractivity contribution >= 4 is 22.0 Å². The molecule has 1 aromatic carbocycles. The van der Waals surface area contributed by atoms with E-state index < -0.39 is 9.84 Å². The average Bonchev–Trinajstić information content (AvgIpc) is 2.91. The summed E-state index contributed by atoms with van der Waals surface area (Å²) in [5, 5.41) is 3.92. The molecule has 1 saturated heterocycles. The third-order valence-corrected chi connectivity index (χ3v) is 5.69. The molecule has 25 heavy (non-hydrogen) atoms. The molecule has 8 heteroatoms. The van der Waals surface area contributed by atoms with E-state index in [1.165, 1.54) is 6.21 Å². The Morgan fingerprint density at radius 2 is 2.20 bits per heavy atom. The lowest BCUT2D eigenvalue weighted by Crippen LogP contribution is -2.21. The lowest BCUT2D eigenvalue weighted by atomic mass is 10.1. The van der Waals surface area contributed by atoms with Crippen LogP contribution in [0.15, 0.2) is 23.3 Å². The second-order valence-corrected chi connectivity index (χ2v) is 8.25. The van der Waals surface area contributed by atoms with Crippen molar-refractivity contribution in [3.05, 3.63) is 23.8 Å². The van der Waals surface area contributed by atoms with Crippen molar-refractivity contribution in [1.29, 1.82) is 0 Å². The summed E-state index contributed by atoms with van der Waals surface area (Å²) in [6.45, 7) is 2.63. The highest BCUT2D eigenvalue weighted by Gasteiger charge is 2.29. The first kappa shape index (κ1) is 19.2. The SMILES string of the molecule is CCCOc1ccc(/C=N\NC(=O)C[C@H]2CCS(=O)(=O)C2)cc1OC. The molecule has 138 valence electrons. The van der Waals surface area contributed by atoms with Gasteiger partial charge in [-0.05, 0) is 42.5 Å². The number of carbonyl (C=O) groups excluding carboxylic acids is 1. The van der Waals surface area contributed by atoms with Crippen LogP contribution in [0, 0.1) is 5.92 Å². The fourth-order valence-electron chi connectivity index (χ4n) is 2.62. The zero-order valence-electron chi connectivity index (χ0n) is 14.5. The molecule has 0 aromatic heterocycles. The summed E-state index contributed by atoms with van der Waals surface area (Å²) >= 11 is 0. The largest absolute Gasteiger partial charge is 0.493 e. The monoisotopic (exact) mass is 368 g/mol. The van der Waals surface area contributed by atoms with Gasteiger partial charge in [0.05, 0.1) is 31.4 Å². The number of hydrazone groups is 1. The summed E-state index contributed by atoms with van der Waals surface area (Å²) in [7, 11) is -1.41. The quantitative estimate of drug-likeness (QED) is 0.557. The van der Waals surface area contributed by atoms with Gasteiger partial charge in [0, 0.05) is 6.42 Å². The second-order valence-electron chi connectivity index (χ2n) is 6.03. The van der Waals surface area contributed by atoms with E-state index in [2.05, 4.69) is 10.5 Å². The zero-order chi connectivity index (χ0) is 18.3. The van der Waals surface area contributed by atoms with Crippen LogP contribution in [-0.2, 0) is 14.6 Å². The van der Waals surface area contributed by atoms with E-state index in [0.29, 0.717) is 24.5 Å². The summed E-state index contributed by atoms with van der Waals surface area (Å²) < 4.78 is 33.6. The van der Waals surface area contributed by atoms with Gasteiger partial charge in [-0.1, -0.05) is 6.92 Å². The van der Waals surface area contributed by atoms with E-state index in [4.69, 9.17) is 9.47 Å². The predicted octanol–water partition coefficient (Wildman–Crippen LogP) is 1.76. The van der Waals surface area contributed by atoms with Crippen molar-refractivity contribution in [3.63, 3.8) is 0 Å². The smallest absolute Gasteiger partial charge is 0.240 e. The van der Waals surface area contributed by atoms with Gasteiger partial charge in [0.1, 0.15) is 0 Å². The van der Waals surface area contributed by atoms with Gasteiger partial charge in [-0.25, -0.2) is 13.8 Å². The molecule has 1 amide bonds. The first-order chi connectivity index (χ1) is 11.9. The normalized spacial score (nSPS) is 19.0. The molecule has 1 aliphatic rings. The number of rotatable bonds is 8. The summed E-state index contributed by atoms with van der Waals surface area (Å²) in [4.78, 5) is 11.8. The van der Waals surface area contributed by atoms with E-state index in [-0.39, 0.29) is 29.8 Å². The molecule has 0 bridgehead atoms. The Bertz CT molecular complexity index is 731. The molecule has 0 radical (unpaired) electrons. The Kier molecular flexibility index (Phi) is 6.81. The van der Waals surface area contributed by atoms with Crippen LogP contribution in [0.5, 0.6) is 11.5 Å². The van der Waals surface area contributed by atoms with Gasteiger partial charge in [0.15, 0.2) is 21.3 Å². The highest BCUT2D eigenvalue weighted by Crippen LogP contribution is 2.27. The summed E-state index contributed by atoms with van der Waals surface area (Å²) in [5.74, 6) is 1.11. The van der Waals surface area contributed by atoms with Gasteiger partial charge in [0.2, 0.25) is 5.91 Å². The number of nitrogens with one attached hydrogen (secondary N) is 1. The maximum atomic E-state index is 11.8. The van der Waals surface area contributed by atoms with Gasteiger partial charge in [-0.15, -0.1) is 0 Å². The maximum Gasteiger partial charge on any atom is 0.240 e. The molecule has 1 atom stereocenters. The Balaban J connectivity index is 1.87. The first-order valence-electron chi connectivity index (χ1n) is 8.26. The first-order valence-corrected chi connectivity index (χ1v) is 10.1. The van der Waals surface area contributed by atoms with Crippen molar-refractivity contribution < 1.29 is 22.7 Å². The van der Waals surface area contributed by atoms with Crippen LogP contribution < -0.4 is 14.9 Å².